The van der Waals surface area contributed by atoms with Gasteiger partial charge in [-0.05, 0) is 67.0 Å². The lowest BCUT2D eigenvalue weighted by Crippen LogP contribution is -2.40. The summed E-state index contributed by atoms with van der Waals surface area (Å²) in [5.74, 6) is 1.59. The number of benzene rings is 1. The van der Waals surface area contributed by atoms with Gasteiger partial charge in [-0.1, -0.05) is 75.4 Å². The molecule has 0 amide bonds. The Kier molecular flexibility index (Phi) is 5.32. The van der Waals surface area contributed by atoms with Crippen LogP contribution in [0.5, 0.6) is 0 Å². The molecule has 2 saturated heterocycles. The molecule has 4 aliphatic rings. The lowest BCUT2D eigenvalue weighted by atomic mass is 9.72. The molecule has 5 unspecified atom stereocenters. The van der Waals surface area contributed by atoms with E-state index in [2.05, 4.69) is 65.0 Å². The molecule has 1 aliphatic carbocycles. The normalized spacial score (nSPS) is 44.1. The van der Waals surface area contributed by atoms with Crippen LogP contribution >= 0.6 is 6.04 Å². The third-order valence-electron chi connectivity index (χ3n) is 8.74. The summed E-state index contributed by atoms with van der Waals surface area (Å²) in [4.78, 5) is 13.1. The predicted octanol–water partition coefficient (Wildman–Crippen LogP) is 6.28. The van der Waals surface area contributed by atoms with Gasteiger partial charge in [-0.3, -0.25) is 4.79 Å². The molecule has 31 heavy (non-hydrogen) atoms. The van der Waals surface area contributed by atoms with Crippen LogP contribution in [0.2, 0.25) is 0 Å². The van der Waals surface area contributed by atoms with Crippen molar-refractivity contribution in [2.75, 3.05) is 6.16 Å². The Bertz CT molecular complexity index is 970. The molecule has 0 radical (unpaired) electrons. The Hall–Kier alpha value is -0.960. The summed E-state index contributed by atoms with van der Waals surface area (Å²) in [5.41, 5.74) is 2.37. The number of ether oxygens (including phenoxy) is 2. The van der Waals surface area contributed by atoms with Gasteiger partial charge >= 0.3 is 5.97 Å². The fraction of sp³-hybridized carbons (Fsp3) is 0.654. The Morgan fingerprint density at radius 1 is 1.23 bits per heavy atom. The Morgan fingerprint density at radius 2 is 1.94 bits per heavy atom. The van der Waals surface area contributed by atoms with E-state index in [1.807, 2.05) is 0 Å². The Balaban J connectivity index is 1.51. The average molecular weight is 459 g/mol. The molecule has 0 N–H and O–H groups in total. The molecule has 0 aromatic heterocycles. The van der Waals surface area contributed by atoms with E-state index < -0.39 is 12.3 Å². The number of esters is 1. The summed E-state index contributed by atoms with van der Waals surface area (Å²) < 4.78 is 12.7. The Labute approximate surface area is 192 Å². The van der Waals surface area contributed by atoms with Crippen molar-refractivity contribution in [3.63, 3.8) is 0 Å². The summed E-state index contributed by atoms with van der Waals surface area (Å²) in [6.45, 7) is 11.4. The molecular weight excluding hydrogens is 423 g/mol. The molecule has 168 valence electrons. The minimum absolute atomic E-state index is 0.0195. The molecule has 1 aromatic rings. The van der Waals surface area contributed by atoms with Gasteiger partial charge in [-0.25, -0.2) is 0 Å². The number of cyclic esters (lactones) is 1. The minimum Gasteiger partial charge on any atom is -0.435 e. The highest BCUT2D eigenvalue weighted by molar-refractivity contribution is 8.20. The van der Waals surface area contributed by atoms with Crippen LogP contribution in [-0.4, -0.2) is 30.2 Å². The maximum Gasteiger partial charge on any atom is 0.313 e. The molecule has 1 aromatic carbocycles. The molecule has 0 spiro atoms. The molecule has 8 atom stereocenters. The third-order valence-corrected chi connectivity index (χ3v) is 14.4. The second-order valence-corrected chi connectivity index (χ2v) is 15.9. The maximum absolute atomic E-state index is 13.1. The first-order chi connectivity index (χ1) is 14.7. The zero-order valence-corrected chi connectivity index (χ0v) is 21.0. The van der Waals surface area contributed by atoms with Crippen LogP contribution in [0.4, 0.5) is 0 Å². The van der Waals surface area contributed by atoms with E-state index in [0.29, 0.717) is 11.8 Å². The van der Waals surface area contributed by atoms with Gasteiger partial charge in [0.2, 0.25) is 6.29 Å². The molecule has 5 rings (SSSR count). The van der Waals surface area contributed by atoms with E-state index in [0.717, 1.165) is 18.5 Å². The first-order valence-electron chi connectivity index (χ1n) is 11.9. The van der Waals surface area contributed by atoms with Crippen molar-refractivity contribution in [3.8, 4) is 0 Å². The summed E-state index contributed by atoms with van der Waals surface area (Å²) in [6.07, 6.45) is 4.05. The zero-order valence-electron chi connectivity index (χ0n) is 19.3. The molecule has 2 bridgehead atoms. The fourth-order valence-electron chi connectivity index (χ4n) is 7.03. The molecular formula is C26H35O3PS. The Morgan fingerprint density at radius 3 is 2.61 bits per heavy atom. The topological polar surface area (TPSA) is 35.5 Å². The van der Waals surface area contributed by atoms with E-state index in [1.54, 1.807) is 0 Å². The van der Waals surface area contributed by atoms with Gasteiger partial charge in [0.15, 0.2) is 0 Å². The van der Waals surface area contributed by atoms with Crippen molar-refractivity contribution in [1.82, 2.24) is 0 Å². The zero-order chi connectivity index (χ0) is 22.1. The van der Waals surface area contributed by atoms with Gasteiger partial charge in [-0.15, -0.1) is 0 Å². The fourth-order valence-corrected chi connectivity index (χ4v) is 14.2. The van der Waals surface area contributed by atoms with Crippen molar-refractivity contribution < 1.29 is 14.3 Å². The summed E-state index contributed by atoms with van der Waals surface area (Å²) in [6, 6.07) is 8.57. The molecule has 3 aliphatic heterocycles. The quantitative estimate of drug-likeness (QED) is 0.393. The molecule has 3 fully saturated rings. The highest BCUT2D eigenvalue weighted by Crippen LogP contribution is 2.83. The number of carbonyl (C=O) groups excluding carboxylic acids is 1. The van der Waals surface area contributed by atoms with E-state index in [4.69, 9.17) is 21.3 Å². The average Bonchev–Trinajstić information content (AvgIpc) is 3.26. The lowest BCUT2D eigenvalue weighted by molar-refractivity contribution is -0.185. The summed E-state index contributed by atoms with van der Waals surface area (Å²) in [5, 5.41) is 1.34. The van der Waals surface area contributed by atoms with E-state index >= 15 is 0 Å². The van der Waals surface area contributed by atoms with Crippen LogP contribution in [-0.2, 0) is 26.1 Å². The lowest BCUT2D eigenvalue weighted by Gasteiger charge is -2.40. The smallest absolute Gasteiger partial charge is 0.313 e. The largest absolute Gasteiger partial charge is 0.435 e. The second-order valence-electron chi connectivity index (χ2n) is 11.0. The first-order valence-corrected chi connectivity index (χ1v) is 14.9. The number of allylic oxidation sites excluding steroid dienone is 1. The van der Waals surface area contributed by atoms with Crippen molar-refractivity contribution in [1.29, 1.82) is 0 Å². The first kappa shape index (κ1) is 21.9. The molecule has 3 nitrogen and oxygen atoms in total. The van der Waals surface area contributed by atoms with Crippen LogP contribution in [0.3, 0.4) is 0 Å². The van der Waals surface area contributed by atoms with E-state index in [-0.39, 0.29) is 29.1 Å². The molecule has 1 saturated carbocycles. The number of rotatable bonds is 4. The van der Waals surface area contributed by atoms with Crippen molar-refractivity contribution >= 4 is 29.1 Å². The number of hydrogen-bond acceptors (Lipinski definition) is 4. The third kappa shape index (κ3) is 3.15. The van der Waals surface area contributed by atoms with Gasteiger partial charge in [0.25, 0.3) is 0 Å². The predicted molar refractivity (Wildman–Crippen MR) is 130 cm³/mol. The number of hydrogen-bond donors (Lipinski definition) is 0. The van der Waals surface area contributed by atoms with Crippen LogP contribution < -0.4 is 0 Å². The number of carbonyl (C=O) groups is 1. The van der Waals surface area contributed by atoms with Crippen molar-refractivity contribution in [2.45, 2.75) is 71.9 Å². The monoisotopic (exact) mass is 458 g/mol. The highest BCUT2D eigenvalue weighted by Gasteiger charge is 2.70. The van der Waals surface area contributed by atoms with E-state index in [1.165, 1.54) is 29.3 Å². The van der Waals surface area contributed by atoms with Gasteiger partial charge in [-0.2, -0.15) is 0 Å². The highest BCUT2D eigenvalue weighted by atomic mass is 32.4. The SMILES string of the molecule is CC1=C(c2ccccc2)P2(=S)CC1(C)C1C(=O)O[C@@H](OC3CC[C@H](C)C[C@H]3C(C)C)C12. The van der Waals surface area contributed by atoms with Gasteiger partial charge in [0.05, 0.1) is 17.7 Å². The minimum atomic E-state index is -2.01. The number of fused-ring (bicyclic) bond motifs is 5. The van der Waals surface area contributed by atoms with Crippen LogP contribution in [0.25, 0.3) is 5.31 Å². The van der Waals surface area contributed by atoms with Gasteiger partial charge in [0, 0.05) is 5.41 Å². The van der Waals surface area contributed by atoms with Crippen LogP contribution in [0.1, 0.15) is 59.4 Å². The second kappa shape index (κ2) is 7.54. The van der Waals surface area contributed by atoms with E-state index in [9.17, 15) is 4.79 Å². The molecule has 3 heterocycles. The van der Waals surface area contributed by atoms with Crippen molar-refractivity contribution in [2.24, 2.45) is 29.1 Å². The standard InChI is InChI=1S/C26H35O3PS/c1-15(2)19-13-16(3)11-12-20(19)28-25-23-21(24(27)29-25)26(5)14-30(23,31)22(17(26)4)18-9-7-6-8-10-18/h6-10,15-16,19-21,23,25H,11-14H2,1-5H3/t16-,19-,20?,21?,23?,25+,26?,30?/m0/s1. The summed E-state index contributed by atoms with van der Waals surface area (Å²) >= 11 is 6.54. The maximum atomic E-state index is 13.1. The van der Waals surface area contributed by atoms with Crippen molar-refractivity contribution in [3.05, 3.63) is 41.5 Å². The van der Waals surface area contributed by atoms with Gasteiger partial charge in [0.1, 0.15) is 0 Å². The van der Waals surface area contributed by atoms with Crippen LogP contribution in [0, 0.1) is 29.1 Å². The van der Waals surface area contributed by atoms with Crippen LogP contribution in [0.15, 0.2) is 35.9 Å². The summed E-state index contributed by atoms with van der Waals surface area (Å²) in [7, 11) is 0. The molecule has 5 heteroatoms. The van der Waals surface area contributed by atoms with Gasteiger partial charge < -0.3 is 9.47 Å².